The number of para-hydroxylation sites is 1. The third-order valence-electron chi connectivity index (χ3n) is 4.75. The Morgan fingerprint density at radius 3 is 2.92 bits per heavy atom. The fourth-order valence-electron chi connectivity index (χ4n) is 3.42. The van der Waals surface area contributed by atoms with Crippen LogP contribution in [0.2, 0.25) is 0 Å². The Hall–Kier alpha value is -2.34. The van der Waals surface area contributed by atoms with Gasteiger partial charge in [0.25, 0.3) is 0 Å². The van der Waals surface area contributed by atoms with E-state index in [9.17, 15) is 9.59 Å². The van der Waals surface area contributed by atoms with E-state index in [0.717, 1.165) is 24.1 Å². The maximum absolute atomic E-state index is 12.8. The van der Waals surface area contributed by atoms with Gasteiger partial charge in [-0.15, -0.1) is 0 Å². The highest BCUT2D eigenvalue weighted by Gasteiger charge is 2.28. The van der Waals surface area contributed by atoms with Crippen LogP contribution in [-0.4, -0.2) is 18.2 Å². The zero-order valence-electron chi connectivity index (χ0n) is 14.1. The van der Waals surface area contributed by atoms with Crippen molar-refractivity contribution in [2.45, 2.75) is 39.0 Å². The highest BCUT2D eigenvalue weighted by atomic mass is 16.2. The molecule has 0 N–H and O–H groups in total. The molecule has 2 aliphatic rings. The predicted octanol–water partition coefficient (Wildman–Crippen LogP) is 3.73. The van der Waals surface area contributed by atoms with Gasteiger partial charge in [-0.3, -0.25) is 4.79 Å². The van der Waals surface area contributed by atoms with Gasteiger partial charge in [0, 0.05) is 36.8 Å². The fraction of sp³-hybridized carbons (Fsp3) is 0.429. The minimum absolute atomic E-state index is 0.0881. The van der Waals surface area contributed by atoms with Crippen molar-refractivity contribution in [2.24, 2.45) is 11.8 Å². The Bertz CT molecular complexity index is 723. The first-order valence-electron chi connectivity index (χ1n) is 8.72. The lowest BCUT2D eigenvalue weighted by atomic mass is 9.83. The first-order chi connectivity index (χ1) is 11.6. The molecular formula is C21H23NO2. The van der Waals surface area contributed by atoms with Crippen LogP contribution >= 0.6 is 0 Å². The molecule has 2 unspecified atom stereocenters. The van der Waals surface area contributed by atoms with Crippen molar-refractivity contribution in [2.75, 3.05) is 11.4 Å². The number of Topliss-reactive ketones (excluding diaryl/α,β-unsaturated/α-hetero) is 1. The first kappa shape index (κ1) is 16.5. The van der Waals surface area contributed by atoms with E-state index < -0.39 is 0 Å². The number of nitrogens with zero attached hydrogens (tertiary/aromatic N) is 1. The van der Waals surface area contributed by atoms with Gasteiger partial charge in [-0.1, -0.05) is 36.1 Å². The summed E-state index contributed by atoms with van der Waals surface area (Å²) in [4.78, 5) is 25.8. The van der Waals surface area contributed by atoms with Crippen LogP contribution in [0.4, 0.5) is 5.69 Å². The lowest BCUT2D eigenvalue weighted by molar-refractivity contribution is -0.119. The van der Waals surface area contributed by atoms with E-state index in [1.165, 1.54) is 0 Å². The van der Waals surface area contributed by atoms with Gasteiger partial charge in [-0.05, 0) is 38.3 Å². The molecular weight excluding hydrogens is 298 g/mol. The molecule has 0 radical (unpaired) electrons. The van der Waals surface area contributed by atoms with Crippen molar-refractivity contribution in [1.82, 2.24) is 0 Å². The Labute approximate surface area is 143 Å². The van der Waals surface area contributed by atoms with Crippen LogP contribution in [0.15, 0.2) is 36.4 Å². The fourth-order valence-corrected chi connectivity index (χ4v) is 3.42. The number of carbonyl (C=O) groups is 2. The van der Waals surface area contributed by atoms with E-state index in [4.69, 9.17) is 0 Å². The van der Waals surface area contributed by atoms with Gasteiger partial charge >= 0.3 is 0 Å². The van der Waals surface area contributed by atoms with Crippen molar-refractivity contribution < 1.29 is 9.59 Å². The largest absolute Gasteiger partial charge is 0.311 e. The zero-order chi connectivity index (χ0) is 16.9. The van der Waals surface area contributed by atoms with Gasteiger partial charge in [-0.25, -0.2) is 0 Å². The van der Waals surface area contributed by atoms with Gasteiger partial charge in [0.15, 0.2) is 0 Å². The lowest BCUT2D eigenvalue weighted by Gasteiger charge is -2.32. The minimum Gasteiger partial charge on any atom is -0.311 e. The molecule has 1 amide bonds. The molecule has 0 saturated heterocycles. The summed E-state index contributed by atoms with van der Waals surface area (Å²) in [5, 5.41) is 0. The number of rotatable bonds is 4. The summed E-state index contributed by atoms with van der Waals surface area (Å²) in [7, 11) is 0. The molecule has 1 heterocycles. The first-order valence-corrected chi connectivity index (χ1v) is 8.72. The highest BCUT2D eigenvalue weighted by Crippen LogP contribution is 2.31. The molecule has 0 spiro atoms. The monoisotopic (exact) mass is 321 g/mol. The number of allylic oxidation sites excluding steroid dienone is 1. The number of carbonyl (C=O) groups excluding carboxylic acids is 2. The van der Waals surface area contributed by atoms with E-state index in [1.54, 1.807) is 6.92 Å². The molecule has 1 aliphatic heterocycles. The molecule has 124 valence electrons. The average molecular weight is 321 g/mol. The van der Waals surface area contributed by atoms with Crippen molar-refractivity contribution in [3.63, 3.8) is 0 Å². The Morgan fingerprint density at radius 1 is 1.25 bits per heavy atom. The third-order valence-corrected chi connectivity index (χ3v) is 4.75. The normalized spacial score (nSPS) is 21.6. The number of ketones is 1. The second-order valence-electron chi connectivity index (χ2n) is 6.62. The Kier molecular flexibility index (Phi) is 5.15. The molecule has 1 aliphatic carbocycles. The predicted molar refractivity (Wildman–Crippen MR) is 95.6 cm³/mol. The number of anilines is 1. The van der Waals surface area contributed by atoms with Crippen LogP contribution in [0.25, 0.3) is 0 Å². The van der Waals surface area contributed by atoms with Crippen LogP contribution in [0.3, 0.4) is 0 Å². The van der Waals surface area contributed by atoms with Crippen LogP contribution < -0.4 is 4.90 Å². The number of hydrogen-bond acceptors (Lipinski definition) is 2. The van der Waals surface area contributed by atoms with Crippen molar-refractivity contribution in [3.05, 3.63) is 42.0 Å². The Balaban J connectivity index is 1.88. The van der Waals surface area contributed by atoms with Crippen LogP contribution in [0.1, 0.15) is 44.6 Å². The summed E-state index contributed by atoms with van der Waals surface area (Å²) in [5.41, 5.74) is 1.82. The molecule has 1 aromatic rings. The smallest absolute Gasteiger partial charge is 0.227 e. The van der Waals surface area contributed by atoms with E-state index in [0.29, 0.717) is 31.7 Å². The standard InChI is InChI=1S/C21H23NO2/c1-16(23)7-6-12-21(24)22-15-19-10-3-2-8-17(19)13-14-18-9-4-5-11-20(18)22/h3-5,9-11,17,19H,2,6-8,12,15H2,1H3. The maximum Gasteiger partial charge on any atom is 0.227 e. The second kappa shape index (κ2) is 7.49. The van der Waals surface area contributed by atoms with Crippen molar-refractivity contribution >= 4 is 17.4 Å². The molecule has 1 aromatic carbocycles. The van der Waals surface area contributed by atoms with E-state index >= 15 is 0 Å². The summed E-state index contributed by atoms with van der Waals surface area (Å²) >= 11 is 0. The summed E-state index contributed by atoms with van der Waals surface area (Å²) < 4.78 is 0. The summed E-state index contributed by atoms with van der Waals surface area (Å²) in [6, 6.07) is 7.87. The summed E-state index contributed by atoms with van der Waals surface area (Å²) in [5.74, 6) is 7.53. The lowest BCUT2D eigenvalue weighted by Crippen LogP contribution is -2.38. The minimum atomic E-state index is 0.0881. The van der Waals surface area contributed by atoms with Gasteiger partial charge in [0.1, 0.15) is 5.78 Å². The highest BCUT2D eigenvalue weighted by molar-refractivity contribution is 5.95. The summed E-state index contributed by atoms with van der Waals surface area (Å²) in [6.45, 7) is 2.24. The number of fused-ring (bicyclic) bond motifs is 2. The molecule has 3 nitrogen and oxygen atoms in total. The average Bonchev–Trinajstić information content (AvgIpc) is 2.56. The third kappa shape index (κ3) is 3.76. The number of benzene rings is 1. The molecule has 24 heavy (non-hydrogen) atoms. The number of amides is 1. The maximum atomic E-state index is 12.8. The topological polar surface area (TPSA) is 37.4 Å². The van der Waals surface area contributed by atoms with Crippen molar-refractivity contribution in [3.8, 4) is 11.8 Å². The molecule has 0 fully saturated rings. The molecule has 3 rings (SSSR count). The molecule has 0 saturated carbocycles. The second-order valence-corrected chi connectivity index (χ2v) is 6.62. The van der Waals surface area contributed by atoms with Gasteiger partial charge in [0.05, 0.1) is 5.69 Å². The molecule has 0 aromatic heterocycles. The summed E-state index contributed by atoms with van der Waals surface area (Å²) in [6.07, 6.45) is 8.02. The van der Waals surface area contributed by atoms with Crippen LogP contribution in [-0.2, 0) is 9.59 Å². The van der Waals surface area contributed by atoms with Crippen LogP contribution in [0.5, 0.6) is 0 Å². The Morgan fingerprint density at radius 2 is 2.08 bits per heavy atom. The number of hydrogen-bond donors (Lipinski definition) is 0. The molecule has 2 atom stereocenters. The zero-order valence-corrected chi connectivity index (χ0v) is 14.1. The van der Waals surface area contributed by atoms with E-state index in [-0.39, 0.29) is 17.6 Å². The quantitative estimate of drug-likeness (QED) is 0.626. The SMILES string of the molecule is CC(=O)CCCC(=O)N1CC2C=CCCC2C#Cc2ccccc21. The van der Waals surface area contributed by atoms with Gasteiger partial charge in [0.2, 0.25) is 5.91 Å². The van der Waals surface area contributed by atoms with Gasteiger partial charge < -0.3 is 9.69 Å². The van der Waals surface area contributed by atoms with E-state index in [2.05, 4.69) is 24.0 Å². The molecule has 0 bridgehead atoms. The van der Waals surface area contributed by atoms with Crippen LogP contribution in [0, 0.1) is 23.7 Å². The van der Waals surface area contributed by atoms with Gasteiger partial charge in [-0.2, -0.15) is 0 Å². The van der Waals surface area contributed by atoms with Crippen molar-refractivity contribution in [1.29, 1.82) is 0 Å². The molecule has 3 heteroatoms. The van der Waals surface area contributed by atoms with E-state index in [1.807, 2.05) is 29.2 Å².